The van der Waals surface area contributed by atoms with Gasteiger partial charge in [-0.2, -0.15) is 0 Å². The van der Waals surface area contributed by atoms with Crippen LogP contribution in [0.25, 0.3) is 0 Å². The first kappa shape index (κ1) is 17.8. The zero-order chi connectivity index (χ0) is 17.9. The molecule has 130 valence electrons. The number of carbonyl (C=O) groups is 3. The SMILES string of the molecule is COc1ccccc1[C@H](C)NC(=O)CN1C(=O)N[C@@H](C(C)C)C1=O. The predicted octanol–water partition coefficient (Wildman–Crippen LogP) is 1.45. The first-order chi connectivity index (χ1) is 11.3. The van der Waals surface area contributed by atoms with Gasteiger partial charge >= 0.3 is 6.03 Å². The van der Waals surface area contributed by atoms with Gasteiger partial charge in [0.15, 0.2) is 0 Å². The summed E-state index contributed by atoms with van der Waals surface area (Å²) in [6, 6.07) is 5.95. The van der Waals surface area contributed by atoms with Crippen LogP contribution in [0.1, 0.15) is 32.4 Å². The smallest absolute Gasteiger partial charge is 0.325 e. The third-order valence-electron chi connectivity index (χ3n) is 4.01. The molecule has 0 unspecified atom stereocenters. The lowest BCUT2D eigenvalue weighted by Crippen LogP contribution is -2.42. The predicted molar refractivity (Wildman–Crippen MR) is 88.4 cm³/mol. The Morgan fingerprint density at radius 3 is 2.54 bits per heavy atom. The van der Waals surface area contributed by atoms with E-state index in [1.54, 1.807) is 7.11 Å². The van der Waals surface area contributed by atoms with Gasteiger partial charge in [-0.3, -0.25) is 14.5 Å². The Hall–Kier alpha value is -2.57. The highest BCUT2D eigenvalue weighted by Crippen LogP contribution is 2.24. The maximum atomic E-state index is 12.2. The van der Waals surface area contributed by atoms with E-state index in [4.69, 9.17) is 4.74 Å². The average Bonchev–Trinajstić information content (AvgIpc) is 2.83. The fraction of sp³-hybridized carbons (Fsp3) is 0.471. The molecule has 1 aromatic carbocycles. The number of hydrogen-bond acceptors (Lipinski definition) is 4. The Morgan fingerprint density at radius 1 is 1.29 bits per heavy atom. The molecule has 0 bridgehead atoms. The molecule has 1 aromatic rings. The maximum Gasteiger partial charge on any atom is 0.325 e. The molecule has 0 aliphatic carbocycles. The summed E-state index contributed by atoms with van der Waals surface area (Å²) in [4.78, 5) is 37.3. The molecule has 2 rings (SSSR count). The third kappa shape index (κ3) is 3.67. The van der Waals surface area contributed by atoms with Crippen LogP contribution in [0.4, 0.5) is 4.79 Å². The van der Waals surface area contributed by atoms with E-state index < -0.39 is 18.0 Å². The molecule has 7 nitrogen and oxygen atoms in total. The number of para-hydroxylation sites is 1. The van der Waals surface area contributed by atoms with E-state index >= 15 is 0 Å². The van der Waals surface area contributed by atoms with Gasteiger partial charge in [0, 0.05) is 5.56 Å². The first-order valence-electron chi connectivity index (χ1n) is 7.89. The second kappa shape index (κ2) is 7.33. The van der Waals surface area contributed by atoms with Gasteiger partial charge in [0.1, 0.15) is 18.3 Å². The molecule has 1 aliphatic rings. The number of carbonyl (C=O) groups excluding carboxylic acids is 3. The summed E-state index contributed by atoms with van der Waals surface area (Å²) < 4.78 is 5.28. The molecule has 4 amide bonds. The average molecular weight is 333 g/mol. The lowest BCUT2D eigenvalue weighted by molar-refractivity contribution is -0.133. The van der Waals surface area contributed by atoms with Crippen LogP contribution in [0.15, 0.2) is 24.3 Å². The Morgan fingerprint density at radius 2 is 1.96 bits per heavy atom. The van der Waals surface area contributed by atoms with Gasteiger partial charge < -0.3 is 15.4 Å². The maximum absolute atomic E-state index is 12.2. The van der Waals surface area contributed by atoms with E-state index in [-0.39, 0.29) is 24.4 Å². The Bertz CT molecular complexity index is 644. The molecule has 7 heteroatoms. The standard InChI is InChI=1S/C17H23N3O4/c1-10(2)15-16(22)20(17(23)19-15)9-14(21)18-11(3)12-7-5-6-8-13(12)24-4/h5-8,10-11,15H,9H2,1-4H3,(H,18,21)(H,19,23)/t11-,15-/m0/s1. The Labute approximate surface area is 141 Å². The van der Waals surface area contributed by atoms with Crippen LogP contribution in [0.3, 0.4) is 0 Å². The van der Waals surface area contributed by atoms with Crippen molar-refractivity contribution in [2.45, 2.75) is 32.9 Å². The van der Waals surface area contributed by atoms with E-state index in [2.05, 4.69) is 10.6 Å². The molecule has 0 aromatic heterocycles. The van der Waals surface area contributed by atoms with Crippen LogP contribution < -0.4 is 15.4 Å². The number of benzene rings is 1. The van der Waals surface area contributed by atoms with Crippen molar-refractivity contribution in [1.29, 1.82) is 0 Å². The van der Waals surface area contributed by atoms with E-state index in [0.29, 0.717) is 5.75 Å². The van der Waals surface area contributed by atoms with Gasteiger partial charge in [0.05, 0.1) is 13.2 Å². The molecule has 0 radical (unpaired) electrons. The number of nitrogens with zero attached hydrogens (tertiary/aromatic N) is 1. The van der Waals surface area contributed by atoms with Crippen LogP contribution in [0, 0.1) is 5.92 Å². The fourth-order valence-electron chi connectivity index (χ4n) is 2.67. The first-order valence-corrected chi connectivity index (χ1v) is 7.89. The summed E-state index contributed by atoms with van der Waals surface area (Å²) in [6.07, 6.45) is 0. The van der Waals surface area contributed by atoms with Crippen molar-refractivity contribution in [1.82, 2.24) is 15.5 Å². The molecule has 1 heterocycles. The van der Waals surface area contributed by atoms with Gasteiger partial charge in [-0.05, 0) is 18.9 Å². The van der Waals surface area contributed by atoms with Gasteiger partial charge in [0.2, 0.25) is 5.91 Å². The number of imide groups is 1. The van der Waals surface area contributed by atoms with Crippen LogP contribution in [0.5, 0.6) is 5.75 Å². The Kier molecular flexibility index (Phi) is 5.43. The van der Waals surface area contributed by atoms with Crippen LogP contribution >= 0.6 is 0 Å². The number of methoxy groups -OCH3 is 1. The topological polar surface area (TPSA) is 87.7 Å². The van der Waals surface area contributed by atoms with E-state index in [1.807, 2.05) is 45.0 Å². The summed E-state index contributed by atoms with van der Waals surface area (Å²) in [6.45, 7) is 5.21. The number of urea groups is 1. The highest BCUT2D eigenvalue weighted by molar-refractivity contribution is 6.06. The molecule has 2 atom stereocenters. The number of hydrogen-bond donors (Lipinski definition) is 2. The summed E-state index contributed by atoms with van der Waals surface area (Å²) in [5.41, 5.74) is 0.825. The van der Waals surface area contributed by atoms with E-state index in [0.717, 1.165) is 10.5 Å². The normalized spacial score (nSPS) is 18.5. The monoisotopic (exact) mass is 333 g/mol. The Balaban J connectivity index is 2.00. The second-order valence-corrected chi connectivity index (χ2v) is 6.13. The van der Waals surface area contributed by atoms with Crippen LogP contribution in [0.2, 0.25) is 0 Å². The number of rotatable bonds is 6. The van der Waals surface area contributed by atoms with Crippen molar-refractivity contribution < 1.29 is 19.1 Å². The summed E-state index contributed by atoms with van der Waals surface area (Å²) in [5, 5.41) is 5.39. The molecule has 2 N–H and O–H groups in total. The van der Waals surface area contributed by atoms with Crippen LogP contribution in [-0.2, 0) is 9.59 Å². The minimum Gasteiger partial charge on any atom is -0.496 e. The van der Waals surface area contributed by atoms with Crippen molar-refractivity contribution >= 4 is 17.8 Å². The van der Waals surface area contributed by atoms with Crippen molar-refractivity contribution in [3.05, 3.63) is 29.8 Å². The molecule has 1 aliphatic heterocycles. The molecular formula is C17H23N3O4. The molecular weight excluding hydrogens is 310 g/mol. The van der Waals surface area contributed by atoms with Gasteiger partial charge in [0.25, 0.3) is 5.91 Å². The minimum atomic E-state index is -0.572. The third-order valence-corrected chi connectivity index (χ3v) is 4.01. The van der Waals surface area contributed by atoms with E-state index in [9.17, 15) is 14.4 Å². The van der Waals surface area contributed by atoms with Crippen molar-refractivity contribution in [2.75, 3.05) is 13.7 Å². The summed E-state index contributed by atoms with van der Waals surface area (Å²) >= 11 is 0. The molecule has 24 heavy (non-hydrogen) atoms. The highest BCUT2D eigenvalue weighted by atomic mass is 16.5. The fourth-order valence-corrected chi connectivity index (χ4v) is 2.67. The quantitative estimate of drug-likeness (QED) is 0.771. The van der Waals surface area contributed by atoms with E-state index in [1.165, 1.54) is 0 Å². The van der Waals surface area contributed by atoms with Gasteiger partial charge in [-0.25, -0.2) is 4.79 Å². The highest BCUT2D eigenvalue weighted by Gasteiger charge is 2.40. The second-order valence-electron chi connectivity index (χ2n) is 6.13. The van der Waals surface area contributed by atoms with Crippen LogP contribution in [-0.4, -0.2) is 42.4 Å². The molecule has 0 saturated carbocycles. The summed E-state index contributed by atoms with van der Waals surface area (Å²) in [5.74, 6) is -0.126. The van der Waals surface area contributed by atoms with Crippen molar-refractivity contribution in [3.8, 4) is 5.75 Å². The minimum absolute atomic E-state index is 0.0259. The summed E-state index contributed by atoms with van der Waals surface area (Å²) in [7, 11) is 1.56. The zero-order valence-electron chi connectivity index (χ0n) is 14.3. The zero-order valence-corrected chi connectivity index (χ0v) is 14.3. The van der Waals surface area contributed by atoms with Gasteiger partial charge in [-0.15, -0.1) is 0 Å². The van der Waals surface area contributed by atoms with Crippen molar-refractivity contribution in [3.63, 3.8) is 0 Å². The molecule has 1 fully saturated rings. The number of ether oxygens (including phenoxy) is 1. The number of nitrogens with one attached hydrogen (secondary N) is 2. The largest absolute Gasteiger partial charge is 0.496 e. The lowest BCUT2D eigenvalue weighted by atomic mass is 10.1. The molecule has 1 saturated heterocycles. The van der Waals surface area contributed by atoms with Gasteiger partial charge in [-0.1, -0.05) is 32.0 Å². The number of amides is 4. The van der Waals surface area contributed by atoms with Crippen molar-refractivity contribution in [2.24, 2.45) is 5.92 Å². The molecule has 0 spiro atoms. The lowest BCUT2D eigenvalue weighted by Gasteiger charge is -2.19.